The van der Waals surface area contributed by atoms with Crippen LogP contribution in [0.5, 0.6) is 0 Å². The van der Waals surface area contributed by atoms with E-state index in [1.165, 1.54) is 19.3 Å². The zero-order valence-corrected chi connectivity index (χ0v) is 28.8. The molecule has 5 atom stereocenters. The molecule has 41 heavy (non-hydrogen) atoms. The van der Waals surface area contributed by atoms with E-state index in [0.717, 1.165) is 76.5 Å². The van der Waals surface area contributed by atoms with Gasteiger partial charge < -0.3 is 24.1 Å². The Balaban J connectivity index is 0.000000971. The van der Waals surface area contributed by atoms with Crippen molar-refractivity contribution in [2.24, 2.45) is 0 Å². The van der Waals surface area contributed by atoms with E-state index in [1.807, 2.05) is 0 Å². The monoisotopic (exact) mass is 783 g/mol. The first-order valence-electron chi connectivity index (χ1n) is 14.7. The van der Waals surface area contributed by atoms with E-state index < -0.39 is 45.3 Å². The number of aliphatic hydroxyl groups excluding tert-OH is 2. The van der Waals surface area contributed by atoms with Gasteiger partial charge in [0.05, 0.1) is 19.1 Å². The van der Waals surface area contributed by atoms with Crippen LogP contribution in [0.3, 0.4) is 0 Å². The maximum Gasteiger partial charge on any atom is 0.414 e. The fourth-order valence-corrected chi connectivity index (χ4v) is 17.1. The van der Waals surface area contributed by atoms with Gasteiger partial charge in [-0.2, -0.15) is 26.3 Å². The van der Waals surface area contributed by atoms with Gasteiger partial charge >= 0.3 is 12.4 Å². The SMILES string of the molecule is CCCCP(=O)(CCCC)CP(=O)(C1CCCCC1)C1CCCC(OC)C1.OC(CC(O)C(F)(F)F)C(F)(F)F.[Eu]. The Morgan fingerprint density at radius 1 is 0.780 bits per heavy atom. The summed E-state index contributed by atoms with van der Waals surface area (Å²) >= 11 is 0. The number of rotatable bonds is 13. The molecular weight excluding hydrogens is 732 g/mol. The van der Waals surface area contributed by atoms with Gasteiger partial charge in [-0.25, -0.2) is 0 Å². The summed E-state index contributed by atoms with van der Waals surface area (Å²) < 4.78 is 103. The standard InChI is InChI=1S/C22H44O3P2.C5H6F6O2.Eu/c1-4-6-16-26(23,17-7-5-2)19-27(24,21-13-9-8-10-14-21)22-15-11-12-20(18-22)25-3;6-4(7,8)2(12)1-3(13)5(9,10)11;/h20-22H,4-19H2,1-3H3;2-3,12-13H,1H2;. The van der Waals surface area contributed by atoms with E-state index in [2.05, 4.69) is 13.8 Å². The molecule has 0 aromatic carbocycles. The average Bonchev–Trinajstić information content (AvgIpc) is 2.90. The van der Waals surface area contributed by atoms with Crippen molar-refractivity contribution < 1.29 is 99.8 Å². The summed E-state index contributed by atoms with van der Waals surface area (Å²) in [5.41, 5.74) is 0.597. The van der Waals surface area contributed by atoms with Crippen LogP contribution in [0.15, 0.2) is 0 Å². The van der Waals surface area contributed by atoms with Crippen molar-refractivity contribution in [3.63, 3.8) is 0 Å². The molecule has 2 fully saturated rings. The Kier molecular flexibility index (Phi) is 20.6. The van der Waals surface area contributed by atoms with Crippen molar-refractivity contribution in [1.29, 1.82) is 0 Å². The molecule has 0 spiro atoms. The van der Waals surface area contributed by atoms with Gasteiger partial charge in [0.25, 0.3) is 0 Å². The number of aliphatic hydroxyl groups is 2. The zero-order chi connectivity index (χ0) is 30.6. The molecule has 14 heteroatoms. The second-order valence-corrected chi connectivity index (χ2v) is 18.8. The Bertz CT molecular complexity index is 778. The summed E-state index contributed by atoms with van der Waals surface area (Å²) in [6.07, 6.45) is -2.17. The van der Waals surface area contributed by atoms with Gasteiger partial charge in [-0.3, -0.25) is 0 Å². The fourth-order valence-electron chi connectivity index (χ4n) is 5.81. The Morgan fingerprint density at radius 3 is 1.66 bits per heavy atom. The van der Waals surface area contributed by atoms with Crippen LogP contribution in [-0.2, 0) is 13.9 Å². The molecular formula is C27H50EuF6O5P2. The van der Waals surface area contributed by atoms with Gasteiger partial charge in [0.2, 0.25) is 0 Å². The zero-order valence-electron chi connectivity index (χ0n) is 24.6. The number of hydrogen-bond acceptors (Lipinski definition) is 5. The van der Waals surface area contributed by atoms with E-state index in [0.29, 0.717) is 11.6 Å². The molecule has 2 rings (SSSR count). The summed E-state index contributed by atoms with van der Waals surface area (Å²) in [6, 6.07) is 0. The van der Waals surface area contributed by atoms with Crippen LogP contribution in [0.4, 0.5) is 26.3 Å². The van der Waals surface area contributed by atoms with E-state index in [4.69, 9.17) is 14.9 Å². The third-order valence-electron chi connectivity index (χ3n) is 8.26. The maximum atomic E-state index is 14.7. The molecule has 0 aliphatic heterocycles. The molecule has 247 valence electrons. The van der Waals surface area contributed by atoms with Gasteiger partial charge in [-0.1, -0.05) is 52.4 Å². The van der Waals surface area contributed by atoms with Crippen molar-refractivity contribution >= 4 is 14.3 Å². The minimum absolute atomic E-state index is 0. The second kappa shape index (κ2) is 19.9. The molecule has 2 N–H and O–H groups in total. The van der Waals surface area contributed by atoms with Crippen molar-refractivity contribution in [3.8, 4) is 0 Å². The van der Waals surface area contributed by atoms with Gasteiger partial charge in [0.1, 0.15) is 7.14 Å². The van der Waals surface area contributed by atoms with Crippen LogP contribution < -0.4 is 0 Å². The van der Waals surface area contributed by atoms with Gasteiger partial charge in [0.15, 0.2) is 12.2 Å². The van der Waals surface area contributed by atoms with Crippen LogP contribution in [0.1, 0.15) is 104 Å². The third-order valence-corrected chi connectivity index (χ3v) is 17.8. The molecule has 0 saturated heterocycles. The predicted molar refractivity (Wildman–Crippen MR) is 148 cm³/mol. The van der Waals surface area contributed by atoms with Crippen LogP contribution in [0, 0.1) is 49.4 Å². The summed E-state index contributed by atoms with van der Waals surface area (Å²) in [5, 5.41) is 16.3. The minimum Gasteiger partial charge on any atom is -0.384 e. The number of ether oxygens (including phenoxy) is 1. The molecule has 5 unspecified atom stereocenters. The molecule has 0 aromatic rings. The molecule has 0 aromatic heterocycles. The molecule has 2 aliphatic carbocycles. The number of unbranched alkanes of at least 4 members (excludes halogenated alkanes) is 2. The van der Waals surface area contributed by atoms with Gasteiger partial charge in [-0.15, -0.1) is 0 Å². The molecule has 2 aliphatic rings. The second-order valence-electron chi connectivity index (χ2n) is 11.5. The summed E-state index contributed by atoms with van der Waals surface area (Å²) in [7, 11) is -3.01. The van der Waals surface area contributed by atoms with Crippen molar-refractivity contribution in [2.45, 2.75) is 146 Å². The molecule has 0 bridgehead atoms. The smallest absolute Gasteiger partial charge is 0.384 e. The van der Waals surface area contributed by atoms with Crippen LogP contribution in [0.2, 0.25) is 0 Å². The summed E-state index contributed by atoms with van der Waals surface area (Å²) in [5.74, 6) is 0.575. The van der Waals surface area contributed by atoms with E-state index >= 15 is 0 Å². The number of alkyl halides is 6. The Morgan fingerprint density at radius 2 is 1.24 bits per heavy atom. The molecule has 2 saturated carbocycles. The van der Waals surface area contributed by atoms with Crippen molar-refractivity contribution in [1.82, 2.24) is 0 Å². The van der Waals surface area contributed by atoms with E-state index in [-0.39, 0.29) is 61.1 Å². The Labute approximate surface area is 283 Å². The number of methoxy groups -OCH3 is 1. The summed E-state index contributed by atoms with van der Waals surface area (Å²) in [4.78, 5) is 0. The first-order valence-corrected chi connectivity index (χ1v) is 19.0. The predicted octanol–water partition coefficient (Wildman–Crippen LogP) is 8.78. The first kappa shape index (κ1) is 42.5. The van der Waals surface area contributed by atoms with Crippen LogP contribution in [0.25, 0.3) is 0 Å². The Hall–Kier alpha value is 1.50. The maximum absolute atomic E-state index is 14.7. The number of hydrogen-bond donors (Lipinski definition) is 2. The largest absolute Gasteiger partial charge is 0.414 e. The average molecular weight is 783 g/mol. The minimum atomic E-state index is -5.15. The van der Waals surface area contributed by atoms with E-state index in [9.17, 15) is 35.5 Å². The molecule has 5 nitrogen and oxygen atoms in total. The first-order chi connectivity index (χ1) is 18.5. The number of halogens is 6. The molecule has 0 heterocycles. The molecule has 0 amide bonds. The third kappa shape index (κ3) is 15.1. The normalized spacial score (nSPS) is 23.9. The van der Waals surface area contributed by atoms with Gasteiger partial charge in [0, 0.05) is 86.5 Å². The van der Waals surface area contributed by atoms with E-state index in [1.54, 1.807) is 7.11 Å². The fraction of sp³-hybridized carbons (Fsp3) is 1.00. The van der Waals surface area contributed by atoms with Crippen molar-refractivity contribution in [2.75, 3.05) is 25.3 Å². The topological polar surface area (TPSA) is 83.8 Å². The summed E-state index contributed by atoms with van der Waals surface area (Å²) in [6.45, 7) is 4.35. The van der Waals surface area contributed by atoms with Gasteiger partial charge in [-0.05, 0) is 44.9 Å². The van der Waals surface area contributed by atoms with Crippen LogP contribution in [-0.4, -0.2) is 77.5 Å². The molecule has 1 radical (unpaired) electrons. The quantitative estimate of drug-likeness (QED) is 0.144. The van der Waals surface area contributed by atoms with Crippen LogP contribution >= 0.6 is 14.3 Å². The van der Waals surface area contributed by atoms with Crippen molar-refractivity contribution in [3.05, 3.63) is 0 Å².